The van der Waals surface area contributed by atoms with Crippen molar-refractivity contribution in [3.8, 4) is 11.1 Å². The van der Waals surface area contributed by atoms with Gasteiger partial charge in [0.05, 0.1) is 17.6 Å². The van der Waals surface area contributed by atoms with Gasteiger partial charge in [-0.1, -0.05) is 41.6 Å². The van der Waals surface area contributed by atoms with Crippen LogP contribution in [0.3, 0.4) is 0 Å². The first-order valence-corrected chi connectivity index (χ1v) is 8.91. The molecule has 0 atom stereocenters. The maximum Gasteiger partial charge on any atom is 0.303 e. The fraction of sp³-hybridized carbons (Fsp3) is 0.200. The molecule has 1 amide bonds. The highest BCUT2D eigenvalue weighted by Gasteiger charge is 2.13. The zero-order valence-electron chi connectivity index (χ0n) is 15.2. The molecule has 1 aromatic heterocycles. The first kappa shape index (κ1) is 19.1. The molecule has 28 heavy (non-hydrogen) atoms. The van der Waals surface area contributed by atoms with Gasteiger partial charge in [-0.05, 0) is 36.1 Å². The van der Waals surface area contributed by atoms with Gasteiger partial charge in [-0.3, -0.25) is 14.3 Å². The molecule has 0 aliphatic rings. The Morgan fingerprint density at radius 3 is 2.61 bits per heavy atom. The molecule has 0 aliphatic heterocycles. The second-order valence-corrected chi connectivity index (χ2v) is 6.34. The van der Waals surface area contributed by atoms with E-state index >= 15 is 0 Å². The van der Waals surface area contributed by atoms with Crippen LogP contribution in [-0.4, -0.2) is 32.0 Å². The zero-order valence-corrected chi connectivity index (χ0v) is 15.2. The molecule has 0 fully saturated rings. The van der Waals surface area contributed by atoms with Gasteiger partial charge in [-0.25, -0.2) is 0 Å². The summed E-state index contributed by atoms with van der Waals surface area (Å²) in [5, 5.41) is 19.2. The van der Waals surface area contributed by atoms with Crippen LogP contribution in [0.1, 0.15) is 29.8 Å². The van der Waals surface area contributed by atoms with Crippen LogP contribution < -0.4 is 11.1 Å². The van der Waals surface area contributed by atoms with Crippen LogP contribution in [0.4, 0.5) is 11.4 Å². The molecule has 0 bridgehead atoms. The molecule has 0 spiro atoms. The number of unbranched alkanes of at least 4 members (excludes halogenated alkanes) is 1. The number of benzene rings is 2. The standard InChI is InChI=1S/C20H21N5O3/c21-16-10-9-15(14-6-2-1-3-7-14)12-17(16)22-20(28)18-13-25(24-23-18)11-5-4-8-19(26)27/h1-3,6-7,9-10,12-13H,4-5,8,11,21H2,(H,22,28)(H,26,27). The smallest absolute Gasteiger partial charge is 0.303 e. The molecular formula is C20H21N5O3. The third-order valence-corrected chi connectivity index (χ3v) is 4.21. The van der Waals surface area contributed by atoms with Crippen LogP contribution in [0.15, 0.2) is 54.7 Å². The fourth-order valence-electron chi connectivity index (χ4n) is 2.72. The number of hydrogen-bond donors (Lipinski definition) is 3. The van der Waals surface area contributed by atoms with Crippen molar-refractivity contribution in [3.05, 3.63) is 60.4 Å². The minimum Gasteiger partial charge on any atom is -0.481 e. The first-order chi connectivity index (χ1) is 13.5. The molecule has 0 aliphatic carbocycles. The Balaban J connectivity index is 1.65. The van der Waals surface area contributed by atoms with Gasteiger partial charge in [0.25, 0.3) is 5.91 Å². The molecule has 8 heteroatoms. The van der Waals surface area contributed by atoms with E-state index in [1.807, 2.05) is 42.5 Å². The minimum absolute atomic E-state index is 0.110. The van der Waals surface area contributed by atoms with E-state index in [1.165, 1.54) is 10.9 Å². The number of rotatable bonds is 8. The number of aliphatic carboxylic acids is 1. The Morgan fingerprint density at radius 2 is 1.86 bits per heavy atom. The van der Waals surface area contributed by atoms with Crippen molar-refractivity contribution in [1.82, 2.24) is 15.0 Å². The van der Waals surface area contributed by atoms with Crippen molar-refractivity contribution in [2.75, 3.05) is 11.1 Å². The zero-order chi connectivity index (χ0) is 19.9. The molecule has 8 nitrogen and oxygen atoms in total. The van der Waals surface area contributed by atoms with Gasteiger partial charge in [0.15, 0.2) is 5.69 Å². The monoisotopic (exact) mass is 379 g/mol. The number of carboxylic acid groups (broad SMARTS) is 1. The van der Waals surface area contributed by atoms with Gasteiger partial charge in [-0.2, -0.15) is 0 Å². The van der Waals surface area contributed by atoms with Gasteiger partial charge in [0.2, 0.25) is 0 Å². The number of aryl methyl sites for hydroxylation is 1. The Labute approximate surface area is 162 Å². The number of nitrogens with zero attached hydrogens (tertiary/aromatic N) is 3. The molecule has 144 valence electrons. The van der Waals surface area contributed by atoms with Gasteiger partial charge < -0.3 is 16.2 Å². The number of carbonyl (C=O) groups excluding carboxylic acids is 1. The number of nitrogen functional groups attached to an aromatic ring is 1. The maximum atomic E-state index is 12.5. The highest BCUT2D eigenvalue weighted by molar-refractivity contribution is 6.04. The average Bonchev–Trinajstić information content (AvgIpc) is 3.16. The lowest BCUT2D eigenvalue weighted by Gasteiger charge is -2.09. The summed E-state index contributed by atoms with van der Waals surface area (Å²) in [4.78, 5) is 23.0. The van der Waals surface area contributed by atoms with E-state index in [2.05, 4.69) is 15.6 Å². The molecular weight excluding hydrogens is 358 g/mol. The number of aromatic nitrogens is 3. The molecule has 3 rings (SSSR count). The number of hydrogen-bond acceptors (Lipinski definition) is 5. The van der Waals surface area contributed by atoms with Gasteiger partial charge in [-0.15, -0.1) is 5.10 Å². The van der Waals surface area contributed by atoms with Crippen molar-refractivity contribution >= 4 is 23.3 Å². The summed E-state index contributed by atoms with van der Waals surface area (Å²) in [6, 6.07) is 15.2. The average molecular weight is 379 g/mol. The normalized spacial score (nSPS) is 10.6. The summed E-state index contributed by atoms with van der Waals surface area (Å²) < 4.78 is 1.53. The molecule has 0 saturated heterocycles. The highest BCUT2D eigenvalue weighted by Crippen LogP contribution is 2.27. The quantitative estimate of drug-likeness (QED) is 0.408. The minimum atomic E-state index is -0.825. The summed E-state index contributed by atoms with van der Waals surface area (Å²) in [7, 11) is 0. The Bertz CT molecular complexity index is 969. The van der Waals surface area contributed by atoms with Crippen molar-refractivity contribution in [1.29, 1.82) is 0 Å². The maximum absolute atomic E-state index is 12.5. The summed E-state index contributed by atoms with van der Waals surface area (Å²) in [6.07, 6.45) is 2.83. The topological polar surface area (TPSA) is 123 Å². The third kappa shape index (κ3) is 4.94. The lowest BCUT2D eigenvalue weighted by atomic mass is 10.0. The van der Waals surface area contributed by atoms with Crippen LogP contribution in [0.2, 0.25) is 0 Å². The number of carboxylic acids is 1. The largest absolute Gasteiger partial charge is 0.481 e. The summed E-state index contributed by atoms with van der Waals surface area (Å²) in [5.74, 6) is -1.23. The van der Waals surface area contributed by atoms with Crippen LogP contribution in [0, 0.1) is 0 Å². The van der Waals surface area contributed by atoms with Crippen LogP contribution in [0.5, 0.6) is 0 Å². The molecule has 0 saturated carbocycles. The lowest BCUT2D eigenvalue weighted by Crippen LogP contribution is -2.13. The molecule has 1 heterocycles. The van der Waals surface area contributed by atoms with E-state index in [0.29, 0.717) is 30.8 Å². The molecule has 2 aromatic carbocycles. The van der Waals surface area contributed by atoms with Crippen molar-refractivity contribution in [2.45, 2.75) is 25.8 Å². The summed E-state index contributed by atoms with van der Waals surface area (Å²) >= 11 is 0. The summed E-state index contributed by atoms with van der Waals surface area (Å²) in [5.41, 5.74) is 9.08. The SMILES string of the molecule is Nc1ccc(-c2ccccc2)cc1NC(=O)c1cn(CCCCC(=O)O)nn1. The molecule has 3 aromatic rings. The summed E-state index contributed by atoms with van der Waals surface area (Å²) in [6.45, 7) is 0.499. The van der Waals surface area contributed by atoms with Crippen LogP contribution >= 0.6 is 0 Å². The fourth-order valence-corrected chi connectivity index (χ4v) is 2.72. The molecule has 0 radical (unpaired) electrons. The second kappa shape index (κ2) is 8.81. The predicted octanol–water partition coefficient (Wildman–Crippen LogP) is 3.03. The van der Waals surface area contributed by atoms with E-state index in [-0.39, 0.29) is 12.1 Å². The number of nitrogens with one attached hydrogen (secondary N) is 1. The van der Waals surface area contributed by atoms with E-state index in [1.54, 1.807) is 6.07 Å². The van der Waals surface area contributed by atoms with E-state index < -0.39 is 11.9 Å². The van der Waals surface area contributed by atoms with Crippen molar-refractivity contribution < 1.29 is 14.7 Å². The Hall–Kier alpha value is -3.68. The number of nitrogens with two attached hydrogens (primary N) is 1. The molecule has 4 N–H and O–H groups in total. The van der Waals surface area contributed by atoms with Crippen LogP contribution in [0.25, 0.3) is 11.1 Å². The first-order valence-electron chi connectivity index (χ1n) is 8.91. The number of anilines is 2. The van der Waals surface area contributed by atoms with Gasteiger partial charge in [0, 0.05) is 13.0 Å². The Morgan fingerprint density at radius 1 is 1.07 bits per heavy atom. The van der Waals surface area contributed by atoms with Gasteiger partial charge >= 0.3 is 5.97 Å². The second-order valence-electron chi connectivity index (χ2n) is 6.34. The van der Waals surface area contributed by atoms with Crippen molar-refractivity contribution in [2.24, 2.45) is 0 Å². The third-order valence-electron chi connectivity index (χ3n) is 4.21. The lowest BCUT2D eigenvalue weighted by molar-refractivity contribution is -0.137. The van der Waals surface area contributed by atoms with Crippen LogP contribution in [-0.2, 0) is 11.3 Å². The Kier molecular flexibility index (Phi) is 6.01. The van der Waals surface area contributed by atoms with E-state index in [4.69, 9.17) is 10.8 Å². The predicted molar refractivity (Wildman–Crippen MR) is 106 cm³/mol. The van der Waals surface area contributed by atoms with Crippen molar-refractivity contribution in [3.63, 3.8) is 0 Å². The highest BCUT2D eigenvalue weighted by atomic mass is 16.4. The number of amides is 1. The number of carbonyl (C=O) groups is 2. The molecule has 0 unspecified atom stereocenters. The van der Waals surface area contributed by atoms with E-state index in [9.17, 15) is 9.59 Å². The van der Waals surface area contributed by atoms with Gasteiger partial charge in [0.1, 0.15) is 0 Å². The van der Waals surface area contributed by atoms with E-state index in [0.717, 1.165) is 11.1 Å².